The van der Waals surface area contributed by atoms with Crippen molar-refractivity contribution in [3.63, 3.8) is 0 Å². The summed E-state index contributed by atoms with van der Waals surface area (Å²) in [6.07, 6.45) is 3.73. The van der Waals surface area contributed by atoms with E-state index in [-0.39, 0.29) is 11.7 Å². The molecule has 6 nitrogen and oxygen atoms in total. The first kappa shape index (κ1) is 18.6. The van der Waals surface area contributed by atoms with Crippen LogP contribution in [-0.4, -0.2) is 38.4 Å². The van der Waals surface area contributed by atoms with Crippen LogP contribution in [0.25, 0.3) is 0 Å². The van der Waals surface area contributed by atoms with Gasteiger partial charge in [0, 0.05) is 36.6 Å². The van der Waals surface area contributed by atoms with Crippen molar-refractivity contribution in [3.8, 4) is 0 Å². The lowest BCUT2D eigenvalue weighted by Gasteiger charge is -2.16. The second-order valence-corrected chi connectivity index (χ2v) is 6.87. The number of nitrogens with zero attached hydrogens (tertiary/aromatic N) is 3. The summed E-state index contributed by atoms with van der Waals surface area (Å²) in [5.41, 5.74) is 4.63. The summed E-state index contributed by atoms with van der Waals surface area (Å²) in [6, 6.07) is 10.1. The second-order valence-electron chi connectivity index (χ2n) is 6.87. The van der Waals surface area contributed by atoms with E-state index in [1.54, 1.807) is 25.1 Å². The van der Waals surface area contributed by atoms with Crippen LogP contribution in [0.3, 0.4) is 0 Å². The maximum atomic E-state index is 12.8. The quantitative estimate of drug-likeness (QED) is 0.682. The van der Waals surface area contributed by atoms with E-state index in [4.69, 9.17) is 0 Å². The molecule has 1 aromatic carbocycles. The lowest BCUT2D eigenvalue weighted by atomic mass is 10.1. The normalized spacial score (nSPS) is 10.8. The minimum atomic E-state index is -0.140. The lowest BCUT2D eigenvalue weighted by Crippen LogP contribution is -2.27. The van der Waals surface area contributed by atoms with Gasteiger partial charge in [-0.1, -0.05) is 30.3 Å². The van der Waals surface area contributed by atoms with Gasteiger partial charge in [-0.25, -0.2) is 0 Å². The number of ketones is 1. The summed E-state index contributed by atoms with van der Waals surface area (Å²) in [5.74, 6) is -0.177. The molecule has 1 N–H and O–H groups in total. The van der Waals surface area contributed by atoms with Crippen LogP contribution >= 0.6 is 0 Å². The van der Waals surface area contributed by atoms with Gasteiger partial charge in [-0.15, -0.1) is 0 Å². The largest absolute Gasteiger partial charge is 0.354 e. The minimum Gasteiger partial charge on any atom is -0.354 e. The third-order valence-electron chi connectivity index (χ3n) is 4.64. The van der Waals surface area contributed by atoms with Crippen molar-refractivity contribution in [3.05, 3.63) is 76.4 Å². The highest BCUT2D eigenvalue weighted by Gasteiger charge is 2.22. The van der Waals surface area contributed by atoms with Crippen molar-refractivity contribution in [1.29, 1.82) is 0 Å². The number of aryl methyl sites for hydroxylation is 1. The molecule has 0 aliphatic heterocycles. The van der Waals surface area contributed by atoms with Crippen molar-refractivity contribution in [2.24, 2.45) is 0 Å². The Kier molecular flexibility index (Phi) is 5.26. The molecule has 0 bridgehead atoms. The number of nitrogens with one attached hydrogen (secondary N) is 1. The molecule has 0 atom stereocenters. The highest BCUT2D eigenvalue weighted by atomic mass is 16.2. The third kappa shape index (κ3) is 4.00. The topological polar surface area (TPSA) is 71.0 Å². The first-order valence-electron chi connectivity index (χ1n) is 8.87. The Morgan fingerprint density at radius 1 is 1.15 bits per heavy atom. The van der Waals surface area contributed by atoms with Crippen LogP contribution in [0.1, 0.15) is 50.2 Å². The maximum absolute atomic E-state index is 12.8. The SMILES string of the molecule is CC(=O)c1c(C)[nH]c(C(=O)N(C)Cc2cnn(Cc3ccccc3)c2)c1C. The number of carbonyl (C=O) groups excluding carboxylic acids is 2. The van der Waals surface area contributed by atoms with E-state index in [2.05, 4.69) is 22.2 Å². The summed E-state index contributed by atoms with van der Waals surface area (Å²) in [7, 11) is 1.75. The summed E-state index contributed by atoms with van der Waals surface area (Å²) in [6.45, 7) is 6.27. The number of hydrogen-bond donors (Lipinski definition) is 1. The van der Waals surface area contributed by atoms with Crippen LogP contribution < -0.4 is 0 Å². The minimum absolute atomic E-state index is 0.0369. The zero-order valence-corrected chi connectivity index (χ0v) is 16.1. The number of rotatable bonds is 6. The number of benzene rings is 1. The average Bonchev–Trinajstić information content (AvgIpc) is 3.18. The molecule has 0 aliphatic carbocycles. The summed E-state index contributed by atoms with van der Waals surface area (Å²) in [4.78, 5) is 29.3. The molecule has 27 heavy (non-hydrogen) atoms. The van der Waals surface area contributed by atoms with Gasteiger partial charge in [-0.2, -0.15) is 5.10 Å². The number of hydrogen-bond acceptors (Lipinski definition) is 3. The predicted molar refractivity (Wildman–Crippen MR) is 104 cm³/mol. The van der Waals surface area contributed by atoms with Gasteiger partial charge in [0.05, 0.1) is 12.7 Å². The highest BCUT2D eigenvalue weighted by molar-refractivity contribution is 6.02. The van der Waals surface area contributed by atoms with E-state index in [1.807, 2.05) is 36.0 Å². The molecular formula is C21H24N4O2. The monoisotopic (exact) mass is 364 g/mol. The van der Waals surface area contributed by atoms with Crippen molar-refractivity contribution >= 4 is 11.7 Å². The molecule has 0 saturated carbocycles. The Hall–Kier alpha value is -3.15. The fourth-order valence-corrected chi connectivity index (χ4v) is 3.37. The van der Waals surface area contributed by atoms with E-state index in [0.717, 1.165) is 11.3 Å². The number of carbonyl (C=O) groups is 2. The fourth-order valence-electron chi connectivity index (χ4n) is 3.37. The van der Waals surface area contributed by atoms with E-state index >= 15 is 0 Å². The van der Waals surface area contributed by atoms with Gasteiger partial charge in [0.1, 0.15) is 5.69 Å². The molecule has 3 aromatic rings. The number of H-pyrrole nitrogens is 1. The molecule has 0 fully saturated rings. The van der Waals surface area contributed by atoms with Crippen molar-refractivity contribution in [1.82, 2.24) is 19.7 Å². The van der Waals surface area contributed by atoms with Gasteiger partial charge in [0.15, 0.2) is 5.78 Å². The van der Waals surface area contributed by atoms with E-state index in [0.29, 0.717) is 29.9 Å². The summed E-state index contributed by atoms with van der Waals surface area (Å²) >= 11 is 0. The number of aromatic amines is 1. The number of amides is 1. The smallest absolute Gasteiger partial charge is 0.270 e. The standard InChI is InChI=1S/C21H24N4O2/c1-14-19(16(3)26)15(2)23-20(14)21(27)24(4)11-18-10-22-25(13-18)12-17-8-6-5-7-9-17/h5-10,13,23H,11-12H2,1-4H3. The van der Waals surface area contributed by atoms with Crippen LogP contribution in [-0.2, 0) is 13.1 Å². The molecule has 140 valence electrons. The summed E-state index contributed by atoms with van der Waals surface area (Å²) in [5, 5.41) is 4.38. The van der Waals surface area contributed by atoms with Crippen molar-refractivity contribution in [2.75, 3.05) is 7.05 Å². The molecule has 0 aliphatic rings. The highest BCUT2D eigenvalue weighted by Crippen LogP contribution is 2.20. The fraction of sp³-hybridized carbons (Fsp3) is 0.286. The molecule has 6 heteroatoms. The Balaban J connectivity index is 1.71. The second kappa shape index (κ2) is 7.61. The molecular weight excluding hydrogens is 340 g/mol. The van der Waals surface area contributed by atoms with Gasteiger partial charge in [-0.05, 0) is 31.9 Å². The zero-order valence-electron chi connectivity index (χ0n) is 16.1. The van der Waals surface area contributed by atoms with Crippen molar-refractivity contribution in [2.45, 2.75) is 33.9 Å². The molecule has 0 spiro atoms. The molecule has 1 amide bonds. The van der Waals surface area contributed by atoms with Gasteiger partial charge in [0.2, 0.25) is 0 Å². The third-order valence-corrected chi connectivity index (χ3v) is 4.64. The van der Waals surface area contributed by atoms with Crippen LogP contribution in [0.5, 0.6) is 0 Å². The molecule has 2 aromatic heterocycles. The molecule has 0 radical (unpaired) electrons. The van der Waals surface area contributed by atoms with Crippen LogP contribution in [0, 0.1) is 13.8 Å². The Morgan fingerprint density at radius 3 is 2.48 bits per heavy atom. The van der Waals surface area contributed by atoms with E-state index < -0.39 is 0 Å². The predicted octanol–water partition coefficient (Wildman–Crippen LogP) is 3.35. The number of Topliss-reactive ketones (excluding diaryl/α,β-unsaturated/α-hetero) is 1. The van der Waals surface area contributed by atoms with Crippen LogP contribution in [0.4, 0.5) is 0 Å². The molecule has 0 unspecified atom stereocenters. The first-order chi connectivity index (χ1) is 12.9. The molecule has 3 rings (SSSR count). The molecule has 0 saturated heterocycles. The first-order valence-corrected chi connectivity index (χ1v) is 8.87. The Morgan fingerprint density at radius 2 is 1.85 bits per heavy atom. The van der Waals surface area contributed by atoms with E-state index in [1.165, 1.54) is 12.5 Å². The van der Waals surface area contributed by atoms with Gasteiger partial charge < -0.3 is 9.88 Å². The van der Waals surface area contributed by atoms with Crippen LogP contribution in [0.2, 0.25) is 0 Å². The Bertz CT molecular complexity index is 969. The maximum Gasteiger partial charge on any atom is 0.270 e. The van der Waals surface area contributed by atoms with Crippen LogP contribution in [0.15, 0.2) is 42.7 Å². The zero-order chi connectivity index (χ0) is 19.6. The summed E-state index contributed by atoms with van der Waals surface area (Å²) < 4.78 is 1.86. The molecule has 2 heterocycles. The van der Waals surface area contributed by atoms with Gasteiger partial charge >= 0.3 is 0 Å². The Labute approximate surface area is 158 Å². The van der Waals surface area contributed by atoms with Gasteiger partial charge in [-0.3, -0.25) is 14.3 Å². The van der Waals surface area contributed by atoms with E-state index in [9.17, 15) is 9.59 Å². The average molecular weight is 364 g/mol. The van der Waals surface area contributed by atoms with Gasteiger partial charge in [0.25, 0.3) is 5.91 Å². The number of aromatic nitrogens is 3. The van der Waals surface area contributed by atoms with Crippen molar-refractivity contribution < 1.29 is 9.59 Å². The lowest BCUT2D eigenvalue weighted by molar-refractivity contribution is 0.0779.